The lowest BCUT2D eigenvalue weighted by atomic mass is 10.1. The van der Waals surface area contributed by atoms with Gasteiger partial charge in [-0.1, -0.05) is 36.5 Å². The van der Waals surface area contributed by atoms with Crippen molar-refractivity contribution >= 4 is 23.4 Å². The summed E-state index contributed by atoms with van der Waals surface area (Å²) in [5.74, 6) is -0.165. The number of hydrogen-bond donors (Lipinski definition) is 2. The molecule has 0 fully saturated rings. The molecule has 2 aromatic carbocycles. The Morgan fingerprint density at radius 2 is 2.17 bits per heavy atom. The number of benzene rings is 2. The van der Waals surface area contributed by atoms with E-state index in [2.05, 4.69) is 18.0 Å². The molecule has 1 heterocycles. The van der Waals surface area contributed by atoms with E-state index in [0.29, 0.717) is 13.0 Å². The highest BCUT2D eigenvalue weighted by Crippen LogP contribution is 2.48. The van der Waals surface area contributed by atoms with Gasteiger partial charge in [0.2, 0.25) is 0 Å². The average Bonchev–Trinajstić information content (AvgIpc) is 3.00. The molecule has 5 heteroatoms. The number of esters is 1. The molecule has 118 valence electrons. The molecule has 1 aliphatic heterocycles. The summed E-state index contributed by atoms with van der Waals surface area (Å²) >= 11 is 1.67. The van der Waals surface area contributed by atoms with Crippen LogP contribution in [-0.2, 0) is 16.0 Å². The highest BCUT2D eigenvalue weighted by Gasteiger charge is 2.24. The molecule has 1 unspecified atom stereocenters. The largest absolute Gasteiger partial charge is 0.508 e. The van der Waals surface area contributed by atoms with Gasteiger partial charge in [-0.3, -0.25) is 0 Å². The topological polar surface area (TPSA) is 58.6 Å². The van der Waals surface area contributed by atoms with E-state index >= 15 is 0 Å². The molecule has 1 atom stereocenters. The van der Waals surface area contributed by atoms with Crippen molar-refractivity contribution in [1.82, 2.24) is 0 Å². The van der Waals surface area contributed by atoms with Crippen LogP contribution < -0.4 is 5.32 Å². The SMILES string of the molecule is C=CC(=O)OCCc1ccc(O)c(C2Nc3ccccc3S2)c1. The van der Waals surface area contributed by atoms with Crippen LogP contribution in [0.4, 0.5) is 5.69 Å². The number of phenols is 1. The van der Waals surface area contributed by atoms with Crippen molar-refractivity contribution in [2.45, 2.75) is 16.7 Å². The zero-order chi connectivity index (χ0) is 16.2. The minimum absolute atomic E-state index is 0.0249. The van der Waals surface area contributed by atoms with Crippen molar-refractivity contribution in [2.24, 2.45) is 0 Å². The van der Waals surface area contributed by atoms with E-state index < -0.39 is 5.97 Å². The number of aromatic hydroxyl groups is 1. The zero-order valence-corrected chi connectivity index (χ0v) is 13.3. The number of hydrogen-bond acceptors (Lipinski definition) is 5. The first-order valence-electron chi connectivity index (χ1n) is 7.30. The Balaban J connectivity index is 1.72. The van der Waals surface area contributed by atoms with Gasteiger partial charge in [0.25, 0.3) is 0 Å². The molecule has 0 aliphatic carbocycles. The number of carbonyl (C=O) groups excluding carboxylic acids is 1. The first-order valence-corrected chi connectivity index (χ1v) is 8.18. The second kappa shape index (κ2) is 6.79. The van der Waals surface area contributed by atoms with E-state index in [1.54, 1.807) is 17.8 Å². The van der Waals surface area contributed by atoms with Crippen LogP contribution in [0, 0.1) is 0 Å². The number of phenolic OH excluding ortho intramolecular Hbond substituents is 1. The standard InChI is InChI=1S/C18H17NO3S/c1-2-17(21)22-10-9-12-7-8-15(20)13(11-12)18-19-14-5-3-4-6-16(14)23-18/h2-8,11,18-20H,1,9-10H2. The van der Waals surface area contributed by atoms with Crippen molar-refractivity contribution in [3.63, 3.8) is 0 Å². The van der Waals surface area contributed by atoms with E-state index in [0.717, 1.165) is 22.9 Å². The highest BCUT2D eigenvalue weighted by atomic mass is 32.2. The van der Waals surface area contributed by atoms with Crippen molar-refractivity contribution < 1.29 is 14.6 Å². The maximum atomic E-state index is 11.1. The lowest BCUT2D eigenvalue weighted by molar-refractivity contribution is -0.137. The Bertz CT molecular complexity index is 720. The number of fused-ring (bicyclic) bond motifs is 1. The van der Waals surface area contributed by atoms with Crippen molar-refractivity contribution in [3.8, 4) is 5.75 Å². The van der Waals surface area contributed by atoms with Gasteiger partial charge in [0.05, 0.1) is 6.61 Å². The van der Waals surface area contributed by atoms with Crippen molar-refractivity contribution in [1.29, 1.82) is 0 Å². The monoisotopic (exact) mass is 327 g/mol. The predicted octanol–water partition coefficient (Wildman–Crippen LogP) is 3.88. The normalized spacial score (nSPS) is 15.6. The van der Waals surface area contributed by atoms with Gasteiger partial charge in [-0.2, -0.15) is 0 Å². The van der Waals surface area contributed by atoms with Gasteiger partial charge in [0, 0.05) is 28.6 Å². The first kappa shape index (κ1) is 15.5. The molecule has 0 spiro atoms. The molecule has 1 aliphatic rings. The van der Waals surface area contributed by atoms with Gasteiger partial charge < -0.3 is 15.2 Å². The summed E-state index contributed by atoms with van der Waals surface area (Å²) in [4.78, 5) is 12.2. The summed E-state index contributed by atoms with van der Waals surface area (Å²) < 4.78 is 5.00. The van der Waals surface area contributed by atoms with E-state index in [1.165, 1.54) is 4.90 Å². The molecule has 0 radical (unpaired) electrons. The Morgan fingerprint density at radius 3 is 2.96 bits per heavy atom. The number of anilines is 1. The fourth-order valence-electron chi connectivity index (χ4n) is 2.43. The van der Waals surface area contributed by atoms with Crippen LogP contribution in [-0.4, -0.2) is 17.7 Å². The second-order valence-corrected chi connectivity index (χ2v) is 6.30. The summed E-state index contributed by atoms with van der Waals surface area (Å²) in [5.41, 5.74) is 2.92. The van der Waals surface area contributed by atoms with Crippen LogP contribution >= 0.6 is 11.8 Å². The van der Waals surface area contributed by atoms with Crippen molar-refractivity contribution in [3.05, 3.63) is 66.2 Å². The van der Waals surface area contributed by atoms with E-state index in [4.69, 9.17) is 4.74 Å². The van der Waals surface area contributed by atoms with Crippen LogP contribution in [0.2, 0.25) is 0 Å². The fourth-order valence-corrected chi connectivity index (χ4v) is 3.59. The van der Waals surface area contributed by atoms with Crippen LogP contribution in [0.1, 0.15) is 16.5 Å². The Morgan fingerprint density at radius 1 is 1.35 bits per heavy atom. The maximum Gasteiger partial charge on any atom is 0.330 e. The number of para-hydroxylation sites is 1. The van der Waals surface area contributed by atoms with E-state index in [9.17, 15) is 9.90 Å². The molecule has 0 saturated heterocycles. The number of nitrogens with one attached hydrogen (secondary N) is 1. The Labute approximate surface area is 139 Å². The summed E-state index contributed by atoms with van der Waals surface area (Å²) in [7, 11) is 0. The van der Waals surface area contributed by atoms with Crippen LogP contribution in [0.5, 0.6) is 5.75 Å². The molecule has 0 amide bonds. The summed E-state index contributed by atoms with van der Waals surface area (Å²) in [6, 6.07) is 13.5. The minimum Gasteiger partial charge on any atom is -0.508 e. The molecule has 0 bridgehead atoms. The zero-order valence-electron chi connectivity index (χ0n) is 12.5. The van der Waals surface area contributed by atoms with E-state index in [1.807, 2.05) is 30.3 Å². The van der Waals surface area contributed by atoms with Gasteiger partial charge in [-0.25, -0.2) is 4.79 Å². The lowest BCUT2D eigenvalue weighted by Gasteiger charge is -2.14. The van der Waals surface area contributed by atoms with Gasteiger partial charge >= 0.3 is 5.97 Å². The van der Waals surface area contributed by atoms with Crippen LogP contribution in [0.25, 0.3) is 0 Å². The van der Waals surface area contributed by atoms with Gasteiger partial charge in [-0.15, -0.1) is 0 Å². The number of carbonyl (C=O) groups is 1. The predicted molar refractivity (Wildman–Crippen MR) is 91.6 cm³/mol. The van der Waals surface area contributed by atoms with Crippen LogP contribution in [0.15, 0.2) is 60.0 Å². The Kier molecular flexibility index (Phi) is 4.57. The molecule has 4 nitrogen and oxygen atoms in total. The quantitative estimate of drug-likeness (QED) is 0.645. The molecule has 2 N–H and O–H groups in total. The third-order valence-corrected chi connectivity index (χ3v) is 4.81. The second-order valence-electron chi connectivity index (χ2n) is 5.15. The summed E-state index contributed by atoms with van der Waals surface area (Å²) in [5, 5.41) is 13.6. The molecule has 2 aromatic rings. The summed E-state index contributed by atoms with van der Waals surface area (Å²) in [6.45, 7) is 3.66. The average molecular weight is 327 g/mol. The lowest BCUT2D eigenvalue weighted by Crippen LogP contribution is -2.06. The molecule has 0 saturated carbocycles. The van der Waals surface area contributed by atoms with Gasteiger partial charge in [0.1, 0.15) is 11.1 Å². The van der Waals surface area contributed by atoms with Crippen LogP contribution in [0.3, 0.4) is 0 Å². The Hall–Kier alpha value is -2.40. The third kappa shape index (κ3) is 3.51. The summed E-state index contributed by atoms with van der Waals surface area (Å²) in [6.07, 6.45) is 1.75. The molecule has 0 aromatic heterocycles. The van der Waals surface area contributed by atoms with Gasteiger partial charge in [0.15, 0.2) is 0 Å². The number of thioether (sulfide) groups is 1. The van der Waals surface area contributed by atoms with Crippen molar-refractivity contribution in [2.75, 3.05) is 11.9 Å². The number of ether oxygens (including phenoxy) is 1. The first-order chi connectivity index (χ1) is 11.2. The molecular weight excluding hydrogens is 310 g/mol. The number of rotatable bonds is 5. The fraction of sp³-hybridized carbons (Fsp3) is 0.167. The maximum absolute atomic E-state index is 11.1. The van der Waals surface area contributed by atoms with Gasteiger partial charge in [-0.05, 0) is 29.8 Å². The highest BCUT2D eigenvalue weighted by molar-refractivity contribution is 8.00. The third-order valence-electron chi connectivity index (χ3n) is 3.59. The molecular formula is C18H17NO3S. The molecule has 23 heavy (non-hydrogen) atoms. The molecule has 3 rings (SSSR count). The van der Waals surface area contributed by atoms with E-state index in [-0.39, 0.29) is 11.1 Å². The smallest absolute Gasteiger partial charge is 0.330 e. The minimum atomic E-state index is -0.424.